The molecular weight excluding hydrogens is 280 g/mol. The zero-order chi connectivity index (χ0) is 12.3. The summed E-state index contributed by atoms with van der Waals surface area (Å²) in [6.45, 7) is 0. The topological polar surface area (TPSA) is 52.9 Å². The molecular formula is C13H11BrN2O. The first-order chi connectivity index (χ1) is 8.19. The lowest BCUT2D eigenvalue weighted by Crippen LogP contribution is -2.26. The number of rotatable bonds is 3. The van der Waals surface area contributed by atoms with Crippen LogP contribution in [0.2, 0.25) is 0 Å². The van der Waals surface area contributed by atoms with Gasteiger partial charge in [0.05, 0.1) is 0 Å². The molecule has 17 heavy (non-hydrogen) atoms. The molecule has 4 heteroatoms. The van der Waals surface area contributed by atoms with E-state index >= 15 is 0 Å². The standard InChI is InChI=1S/C13H11BrN2O/c14-11-3-1-2-9(7-11)6-10(8-15)13(17)16-12-4-5-12/h1-3,6-7,12H,4-5H2,(H,16,17)/b10-6+. The van der Waals surface area contributed by atoms with Crippen molar-refractivity contribution < 1.29 is 4.79 Å². The molecule has 1 saturated carbocycles. The molecule has 0 aromatic heterocycles. The van der Waals surface area contributed by atoms with Crippen molar-refractivity contribution in [1.29, 1.82) is 5.26 Å². The van der Waals surface area contributed by atoms with Crippen LogP contribution in [0.25, 0.3) is 6.08 Å². The van der Waals surface area contributed by atoms with Gasteiger partial charge < -0.3 is 5.32 Å². The second-order valence-corrected chi connectivity index (χ2v) is 4.89. The lowest BCUT2D eigenvalue weighted by molar-refractivity contribution is -0.117. The molecule has 0 spiro atoms. The minimum absolute atomic E-state index is 0.148. The number of nitrogens with one attached hydrogen (secondary N) is 1. The van der Waals surface area contributed by atoms with Crippen molar-refractivity contribution in [2.24, 2.45) is 0 Å². The third-order valence-electron chi connectivity index (χ3n) is 2.44. The van der Waals surface area contributed by atoms with Crippen LogP contribution >= 0.6 is 15.9 Å². The Morgan fingerprint density at radius 2 is 2.29 bits per heavy atom. The highest BCUT2D eigenvalue weighted by Gasteiger charge is 2.24. The van der Waals surface area contributed by atoms with E-state index in [1.54, 1.807) is 6.08 Å². The molecule has 0 aliphatic heterocycles. The lowest BCUT2D eigenvalue weighted by atomic mass is 10.1. The van der Waals surface area contributed by atoms with Crippen LogP contribution in [0.5, 0.6) is 0 Å². The summed E-state index contributed by atoms with van der Waals surface area (Å²) in [5, 5.41) is 11.8. The number of amides is 1. The molecule has 0 unspecified atom stereocenters. The molecule has 0 saturated heterocycles. The monoisotopic (exact) mass is 290 g/mol. The third-order valence-corrected chi connectivity index (χ3v) is 2.93. The molecule has 1 aliphatic rings. The molecule has 1 amide bonds. The van der Waals surface area contributed by atoms with Gasteiger partial charge >= 0.3 is 0 Å². The molecule has 1 aromatic rings. The van der Waals surface area contributed by atoms with Crippen molar-refractivity contribution in [2.75, 3.05) is 0 Å². The maximum atomic E-state index is 11.7. The van der Waals surface area contributed by atoms with Crippen molar-refractivity contribution in [3.63, 3.8) is 0 Å². The van der Waals surface area contributed by atoms with Crippen LogP contribution in [-0.2, 0) is 4.79 Å². The third kappa shape index (κ3) is 3.43. The highest BCUT2D eigenvalue weighted by molar-refractivity contribution is 9.10. The van der Waals surface area contributed by atoms with Crippen LogP contribution < -0.4 is 5.32 Å². The Kier molecular flexibility index (Phi) is 3.60. The van der Waals surface area contributed by atoms with Crippen molar-refractivity contribution in [3.8, 4) is 6.07 Å². The Labute approximate surface area is 108 Å². The summed E-state index contributed by atoms with van der Waals surface area (Å²) in [4.78, 5) is 11.7. The van der Waals surface area contributed by atoms with Crippen molar-refractivity contribution in [3.05, 3.63) is 39.9 Å². The first kappa shape index (κ1) is 11.9. The number of benzene rings is 1. The molecule has 3 nitrogen and oxygen atoms in total. The summed E-state index contributed by atoms with van der Waals surface area (Å²) >= 11 is 3.35. The molecule has 2 rings (SSSR count). The highest BCUT2D eigenvalue weighted by atomic mass is 79.9. The smallest absolute Gasteiger partial charge is 0.262 e. The summed E-state index contributed by atoms with van der Waals surface area (Å²) < 4.78 is 0.922. The van der Waals surface area contributed by atoms with Gasteiger partial charge in [0.2, 0.25) is 0 Å². The van der Waals surface area contributed by atoms with E-state index in [1.165, 1.54) is 0 Å². The van der Waals surface area contributed by atoms with E-state index < -0.39 is 0 Å². The number of halogens is 1. The predicted molar refractivity (Wildman–Crippen MR) is 68.9 cm³/mol. The van der Waals surface area contributed by atoms with Crippen LogP contribution in [0.4, 0.5) is 0 Å². The van der Waals surface area contributed by atoms with Gasteiger partial charge in [-0.25, -0.2) is 0 Å². The van der Waals surface area contributed by atoms with Crippen LogP contribution in [0.15, 0.2) is 34.3 Å². The quantitative estimate of drug-likeness (QED) is 0.687. The van der Waals surface area contributed by atoms with Crippen molar-refractivity contribution in [1.82, 2.24) is 5.32 Å². The van der Waals surface area contributed by atoms with Gasteiger partial charge in [-0.1, -0.05) is 28.1 Å². The van der Waals surface area contributed by atoms with E-state index in [9.17, 15) is 4.79 Å². The average molecular weight is 291 g/mol. The largest absolute Gasteiger partial charge is 0.349 e. The zero-order valence-electron chi connectivity index (χ0n) is 9.11. The fourth-order valence-corrected chi connectivity index (χ4v) is 1.82. The number of carbonyl (C=O) groups is 1. The van der Waals surface area contributed by atoms with Crippen LogP contribution in [0.3, 0.4) is 0 Å². The minimum atomic E-state index is -0.282. The summed E-state index contributed by atoms with van der Waals surface area (Å²) in [6.07, 6.45) is 3.63. The minimum Gasteiger partial charge on any atom is -0.349 e. The maximum Gasteiger partial charge on any atom is 0.262 e. The van der Waals surface area contributed by atoms with Crippen molar-refractivity contribution in [2.45, 2.75) is 18.9 Å². The van der Waals surface area contributed by atoms with Gasteiger partial charge in [-0.2, -0.15) is 5.26 Å². The molecule has 1 N–H and O–H groups in total. The first-order valence-electron chi connectivity index (χ1n) is 5.37. The molecule has 0 bridgehead atoms. The predicted octanol–water partition coefficient (Wildman–Crippen LogP) is 2.63. The maximum absolute atomic E-state index is 11.7. The second-order valence-electron chi connectivity index (χ2n) is 3.97. The Morgan fingerprint density at radius 1 is 1.53 bits per heavy atom. The molecule has 0 atom stereocenters. The van der Waals surface area contributed by atoms with E-state index in [0.29, 0.717) is 0 Å². The van der Waals surface area contributed by atoms with Crippen LogP contribution in [-0.4, -0.2) is 11.9 Å². The van der Waals surface area contributed by atoms with Gasteiger partial charge in [0, 0.05) is 10.5 Å². The summed E-state index contributed by atoms with van der Waals surface area (Å²) in [6, 6.07) is 9.68. The Hall–Kier alpha value is -1.60. The van der Waals surface area contributed by atoms with Gasteiger partial charge in [-0.15, -0.1) is 0 Å². The molecule has 1 fully saturated rings. The number of hydrogen-bond donors (Lipinski definition) is 1. The van der Waals surface area contributed by atoms with Crippen LogP contribution in [0.1, 0.15) is 18.4 Å². The van der Waals surface area contributed by atoms with E-state index in [0.717, 1.165) is 22.9 Å². The Balaban J connectivity index is 2.16. The van der Waals surface area contributed by atoms with E-state index in [-0.39, 0.29) is 17.5 Å². The van der Waals surface area contributed by atoms with Gasteiger partial charge in [-0.3, -0.25) is 4.79 Å². The number of nitrogens with zero attached hydrogens (tertiary/aromatic N) is 1. The first-order valence-corrected chi connectivity index (χ1v) is 6.16. The lowest BCUT2D eigenvalue weighted by Gasteiger charge is -2.01. The molecule has 1 aromatic carbocycles. The second kappa shape index (κ2) is 5.15. The number of hydrogen-bond acceptors (Lipinski definition) is 2. The van der Waals surface area contributed by atoms with E-state index in [4.69, 9.17) is 5.26 Å². The van der Waals surface area contributed by atoms with Crippen LogP contribution in [0, 0.1) is 11.3 Å². The Morgan fingerprint density at radius 3 is 2.88 bits per heavy atom. The highest BCUT2D eigenvalue weighted by Crippen LogP contribution is 2.20. The number of carbonyl (C=O) groups excluding carboxylic acids is 1. The molecule has 86 valence electrons. The van der Waals surface area contributed by atoms with E-state index in [2.05, 4.69) is 21.2 Å². The summed E-state index contributed by atoms with van der Waals surface area (Å²) in [5.41, 5.74) is 0.983. The zero-order valence-corrected chi connectivity index (χ0v) is 10.7. The van der Waals surface area contributed by atoms with Gasteiger partial charge in [0.15, 0.2) is 0 Å². The number of nitriles is 1. The summed E-state index contributed by atoms with van der Waals surface area (Å²) in [7, 11) is 0. The van der Waals surface area contributed by atoms with Gasteiger partial charge in [0.25, 0.3) is 5.91 Å². The SMILES string of the molecule is N#C/C(=C\c1cccc(Br)c1)C(=O)NC1CC1. The average Bonchev–Trinajstić information content (AvgIpc) is 3.09. The van der Waals surface area contributed by atoms with Gasteiger partial charge in [-0.05, 0) is 36.6 Å². The summed E-state index contributed by atoms with van der Waals surface area (Å²) in [5.74, 6) is -0.282. The van der Waals surface area contributed by atoms with Crippen molar-refractivity contribution >= 4 is 27.9 Å². The molecule has 0 heterocycles. The van der Waals surface area contributed by atoms with E-state index in [1.807, 2.05) is 30.3 Å². The normalized spacial score (nSPS) is 15.2. The Bertz CT molecular complexity index is 512. The fourth-order valence-electron chi connectivity index (χ4n) is 1.40. The molecule has 0 radical (unpaired) electrons. The molecule has 1 aliphatic carbocycles. The fraction of sp³-hybridized carbons (Fsp3) is 0.231. The van der Waals surface area contributed by atoms with Gasteiger partial charge in [0.1, 0.15) is 11.6 Å².